The van der Waals surface area contributed by atoms with Crippen molar-refractivity contribution in [2.24, 2.45) is 0 Å². The minimum atomic E-state index is -3.12. The summed E-state index contributed by atoms with van der Waals surface area (Å²) < 4.78 is 23.4. The Bertz CT molecular complexity index is 679. The van der Waals surface area contributed by atoms with Gasteiger partial charge in [-0.25, -0.2) is 8.42 Å². The molecule has 0 aliphatic carbocycles. The van der Waals surface area contributed by atoms with Crippen LogP contribution in [-0.4, -0.2) is 20.7 Å². The van der Waals surface area contributed by atoms with Crippen LogP contribution in [0.25, 0.3) is 0 Å². The molecule has 0 bridgehead atoms. The molecule has 0 heterocycles. The molecule has 0 amide bonds. The van der Waals surface area contributed by atoms with Crippen LogP contribution in [-0.2, 0) is 16.3 Å². The summed E-state index contributed by atoms with van der Waals surface area (Å²) in [5.74, 6) is 0.121. The number of hydrogen-bond donors (Lipinski definition) is 1. The van der Waals surface area contributed by atoms with Gasteiger partial charge < -0.3 is 5.32 Å². The molecule has 5 heteroatoms. The maximum Gasteiger partial charge on any atom is 0.178 e. The fraction of sp³-hybridized carbons (Fsp3) is 0.250. The van der Waals surface area contributed by atoms with E-state index < -0.39 is 9.84 Å². The van der Waals surface area contributed by atoms with Crippen molar-refractivity contribution in [3.8, 4) is 0 Å². The van der Waals surface area contributed by atoms with Gasteiger partial charge in [0.05, 0.1) is 10.6 Å². The van der Waals surface area contributed by atoms with Gasteiger partial charge in [-0.1, -0.05) is 30.7 Å². The second kappa shape index (κ2) is 6.96. The molecule has 2 rings (SSSR count). The van der Waals surface area contributed by atoms with Gasteiger partial charge in [0.1, 0.15) is 0 Å². The van der Waals surface area contributed by atoms with Gasteiger partial charge in [0.25, 0.3) is 0 Å². The zero-order valence-corrected chi connectivity index (χ0v) is 13.4. The molecular formula is C16H18ClNO2S. The largest absolute Gasteiger partial charge is 0.385 e. The van der Waals surface area contributed by atoms with Gasteiger partial charge in [-0.05, 0) is 48.4 Å². The van der Waals surface area contributed by atoms with Crippen LogP contribution in [0.15, 0.2) is 53.4 Å². The maximum atomic E-state index is 11.7. The molecule has 112 valence electrons. The third kappa shape index (κ3) is 4.48. The molecule has 0 radical (unpaired) electrons. The van der Waals surface area contributed by atoms with E-state index in [0.717, 1.165) is 23.7 Å². The lowest BCUT2D eigenvalue weighted by Gasteiger charge is -2.08. The Labute approximate surface area is 130 Å². The van der Waals surface area contributed by atoms with Gasteiger partial charge in [-0.2, -0.15) is 0 Å². The molecule has 0 aliphatic rings. The molecule has 0 aromatic heterocycles. The Balaban J connectivity index is 1.91. The van der Waals surface area contributed by atoms with Crippen LogP contribution in [0.4, 0.5) is 5.69 Å². The van der Waals surface area contributed by atoms with E-state index >= 15 is 0 Å². The lowest BCUT2D eigenvalue weighted by atomic mass is 10.1. The van der Waals surface area contributed by atoms with Crippen LogP contribution in [0.1, 0.15) is 12.5 Å². The number of halogens is 1. The van der Waals surface area contributed by atoms with Crippen molar-refractivity contribution in [2.45, 2.75) is 18.2 Å². The quantitative estimate of drug-likeness (QED) is 0.879. The smallest absolute Gasteiger partial charge is 0.178 e. The Morgan fingerprint density at radius 2 is 1.62 bits per heavy atom. The lowest BCUT2D eigenvalue weighted by molar-refractivity contribution is 0.597. The number of anilines is 1. The maximum absolute atomic E-state index is 11.7. The Hall–Kier alpha value is -1.52. The highest BCUT2D eigenvalue weighted by Crippen LogP contribution is 2.15. The molecule has 3 nitrogen and oxygen atoms in total. The van der Waals surface area contributed by atoms with Gasteiger partial charge >= 0.3 is 0 Å². The van der Waals surface area contributed by atoms with E-state index in [1.54, 1.807) is 31.2 Å². The van der Waals surface area contributed by atoms with Crippen molar-refractivity contribution in [1.29, 1.82) is 0 Å². The van der Waals surface area contributed by atoms with Crippen LogP contribution in [0.2, 0.25) is 5.02 Å². The number of sulfone groups is 1. The first-order valence-electron chi connectivity index (χ1n) is 6.82. The van der Waals surface area contributed by atoms with Crippen LogP contribution < -0.4 is 5.32 Å². The first kappa shape index (κ1) is 15.9. The van der Waals surface area contributed by atoms with Crippen molar-refractivity contribution < 1.29 is 8.42 Å². The Morgan fingerprint density at radius 1 is 1.00 bits per heavy atom. The molecular weight excluding hydrogens is 306 g/mol. The van der Waals surface area contributed by atoms with Crippen molar-refractivity contribution in [3.63, 3.8) is 0 Å². The van der Waals surface area contributed by atoms with Gasteiger partial charge in [-0.15, -0.1) is 0 Å². The molecule has 0 saturated heterocycles. The summed E-state index contributed by atoms with van der Waals surface area (Å²) in [5.41, 5.74) is 2.12. The van der Waals surface area contributed by atoms with Gasteiger partial charge in [-0.3, -0.25) is 0 Å². The Kier molecular flexibility index (Phi) is 5.26. The lowest BCUT2D eigenvalue weighted by Crippen LogP contribution is -2.06. The summed E-state index contributed by atoms with van der Waals surface area (Å²) in [6.07, 6.45) is 0.881. The highest BCUT2D eigenvalue weighted by molar-refractivity contribution is 7.91. The topological polar surface area (TPSA) is 46.2 Å². The zero-order chi connectivity index (χ0) is 15.3. The average Bonchev–Trinajstić information content (AvgIpc) is 2.50. The molecule has 0 aliphatic heterocycles. The summed E-state index contributed by atoms with van der Waals surface area (Å²) in [5, 5.41) is 4.01. The third-order valence-electron chi connectivity index (χ3n) is 3.25. The first-order valence-corrected chi connectivity index (χ1v) is 8.85. The predicted molar refractivity (Wildman–Crippen MR) is 87.8 cm³/mol. The van der Waals surface area contributed by atoms with E-state index in [9.17, 15) is 8.42 Å². The van der Waals surface area contributed by atoms with Crippen molar-refractivity contribution in [2.75, 3.05) is 17.6 Å². The minimum Gasteiger partial charge on any atom is -0.385 e. The third-order valence-corrected chi connectivity index (χ3v) is 5.25. The molecule has 2 aromatic carbocycles. The zero-order valence-electron chi connectivity index (χ0n) is 11.8. The highest BCUT2D eigenvalue weighted by Gasteiger charge is 2.10. The van der Waals surface area contributed by atoms with Gasteiger partial charge in [0, 0.05) is 17.3 Å². The number of rotatable bonds is 6. The van der Waals surface area contributed by atoms with Crippen LogP contribution in [0.5, 0.6) is 0 Å². The fourth-order valence-electron chi connectivity index (χ4n) is 1.95. The van der Waals surface area contributed by atoms with E-state index in [-0.39, 0.29) is 5.75 Å². The number of benzene rings is 2. The van der Waals surface area contributed by atoms with E-state index in [2.05, 4.69) is 5.32 Å². The van der Waals surface area contributed by atoms with Gasteiger partial charge in [0.2, 0.25) is 0 Å². The van der Waals surface area contributed by atoms with E-state index in [1.165, 1.54) is 5.56 Å². The summed E-state index contributed by atoms with van der Waals surface area (Å²) in [7, 11) is -3.12. The predicted octanol–water partition coefficient (Wildman–Crippen LogP) is 3.79. The molecule has 1 N–H and O–H groups in total. The van der Waals surface area contributed by atoms with Crippen molar-refractivity contribution >= 4 is 27.1 Å². The fourth-order valence-corrected chi connectivity index (χ4v) is 2.96. The summed E-state index contributed by atoms with van der Waals surface area (Å²) in [6.45, 7) is 2.43. The Morgan fingerprint density at radius 3 is 2.19 bits per heavy atom. The number of hydrogen-bond acceptors (Lipinski definition) is 3. The summed E-state index contributed by atoms with van der Waals surface area (Å²) >= 11 is 5.84. The molecule has 0 fully saturated rings. The standard InChI is InChI=1S/C16H18ClNO2S/c1-2-21(19,20)16-9-7-15(8-10-16)18-12-11-13-3-5-14(17)6-4-13/h3-10,18H,2,11-12H2,1H3. The molecule has 0 spiro atoms. The van der Waals surface area contributed by atoms with Crippen LogP contribution >= 0.6 is 11.6 Å². The van der Waals surface area contributed by atoms with E-state index in [1.807, 2.05) is 24.3 Å². The van der Waals surface area contributed by atoms with Crippen LogP contribution in [0.3, 0.4) is 0 Å². The van der Waals surface area contributed by atoms with Crippen molar-refractivity contribution in [1.82, 2.24) is 0 Å². The SMILES string of the molecule is CCS(=O)(=O)c1ccc(NCCc2ccc(Cl)cc2)cc1. The van der Waals surface area contributed by atoms with Gasteiger partial charge in [0.15, 0.2) is 9.84 Å². The second-order valence-corrected chi connectivity index (χ2v) is 7.45. The first-order chi connectivity index (χ1) is 10.0. The van der Waals surface area contributed by atoms with Crippen molar-refractivity contribution in [3.05, 3.63) is 59.1 Å². The normalized spacial score (nSPS) is 11.3. The molecule has 21 heavy (non-hydrogen) atoms. The second-order valence-electron chi connectivity index (χ2n) is 4.73. The monoisotopic (exact) mass is 323 g/mol. The molecule has 0 unspecified atom stereocenters. The van der Waals surface area contributed by atoms with E-state index in [0.29, 0.717) is 4.90 Å². The molecule has 0 saturated carbocycles. The molecule has 0 atom stereocenters. The summed E-state index contributed by atoms with van der Waals surface area (Å²) in [4.78, 5) is 0.369. The van der Waals surface area contributed by atoms with Crippen LogP contribution in [0, 0.1) is 0 Å². The summed E-state index contributed by atoms with van der Waals surface area (Å²) in [6, 6.07) is 14.6. The minimum absolute atomic E-state index is 0.121. The molecule has 2 aromatic rings. The average molecular weight is 324 g/mol. The highest BCUT2D eigenvalue weighted by atomic mass is 35.5. The van der Waals surface area contributed by atoms with E-state index in [4.69, 9.17) is 11.6 Å². The number of nitrogens with one attached hydrogen (secondary N) is 1.